The molecule has 17 nitrogen and oxygen atoms in total. The summed E-state index contributed by atoms with van der Waals surface area (Å²) in [5, 5.41) is 10.5. The first-order chi connectivity index (χ1) is 42.1. The highest BCUT2D eigenvalue weighted by atomic mass is 31.2. The van der Waals surface area contributed by atoms with Crippen molar-refractivity contribution < 1.29 is 80.2 Å². The van der Waals surface area contributed by atoms with Gasteiger partial charge in [-0.3, -0.25) is 37.3 Å². The number of hydrogen-bond donors (Lipinski definition) is 3. The fourth-order valence-electron chi connectivity index (χ4n) is 10.3. The number of ether oxygens (including phenoxy) is 4. The van der Waals surface area contributed by atoms with Crippen LogP contribution in [0.2, 0.25) is 0 Å². The quantitative estimate of drug-likeness (QED) is 0.0222. The summed E-state index contributed by atoms with van der Waals surface area (Å²) in [7, 11) is -9.88. The summed E-state index contributed by atoms with van der Waals surface area (Å²) < 4.78 is 67.9. The maximum atomic E-state index is 13.0. The van der Waals surface area contributed by atoms with Gasteiger partial charge in [0, 0.05) is 25.7 Å². The highest BCUT2D eigenvalue weighted by Gasteiger charge is 2.30. The van der Waals surface area contributed by atoms with Gasteiger partial charge in [0.15, 0.2) is 12.2 Å². The average molecular weight is 1280 g/mol. The second-order valence-electron chi connectivity index (χ2n) is 24.8. The molecule has 0 saturated heterocycles. The highest BCUT2D eigenvalue weighted by molar-refractivity contribution is 7.47. The van der Waals surface area contributed by atoms with Gasteiger partial charge >= 0.3 is 39.5 Å². The average Bonchev–Trinajstić information content (AvgIpc) is 3.49. The Labute approximate surface area is 530 Å². The number of rotatable bonds is 68. The Morgan fingerprint density at radius 3 is 0.816 bits per heavy atom. The summed E-state index contributed by atoms with van der Waals surface area (Å²) in [5.74, 6) is -1.33. The summed E-state index contributed by atoms with van der Waals surface area (Å²) >= 11 is 0. The lowest BCUT2D eigenvalue weighted by atomic mass is 9.99. The van der Waals surface area contributed by atoms with Crippen molar-refractivity contribution >= 4 is 39.5 Å². The zero-order valence-corrected chi connectivity index (χ0v) is 57.9. The van der Waals surface area contributed by atoms with E-state index in [9.17, 15) is 43.2 Å². The molecule has 0 rings (SSSR count). The Kier molecular flexibility index (Phi) is 60.2. The van der Waals surface area contributed by atoms with E-state index in [1.165, 1.54) is 161 Å². The topological polar surface area (TPSA) is 237 Å². The van der Waals surface area contributed by atoms with E-state index < -0.39 is 97.5 Å². The zero-order valence-electron chi connectivity index (χ0n) is 56.2. The minimum Gasteiger partial charge on any atom is -0.462 e. The van der Waals surface area contributed by atoms with Gasteiger partial charge in [-0.25, -0.2) is 9.13 Å². The molecule has 0 aliphatic heterocycles. The molecule has 0 aliphatic carbocycles. The normalized spacial score (nSPS) is 14.4. The molecule has 0 aliphatic rings. The molecule has 0 radical (unpaired) electrons. The van der Waals surface area contributed by atoms with Gasteiger partial charge in [0.05, 0.1) is 26.4 Å². The number of aliphatic hydroxyl groups is 1. The number of hydrogen-bond acceptors (Lipinski definition) is 15. The van der Waals surface area contributed by atoms with E-state index in [2.05, 4.69) is 34.6 Å². The molecule has 0 saturated carbocycles. The summed E-state index contributed by atoms with van der Waals surface area (Å²) in [6.45, 7) is 7.14. The predicted molar refractivity (Wildman–Crippen MR) is 349 cm³/mol. The lowest BCUT2D eigenvalue weighted by Gasteiger charge is -2.21. The van der Waals surface area contributed by atoms with Crippen LogP contribution in [0.4, 0.5) is 0 Å². The number of carbonyl (C=O) groups is 4. The molecule has 19 heteroatoms. The van der Waals surface area contributed by atoms with Crippen molar-refractivity contribution in [3.63, 3.8) is 0 Å². The van der Waals surface area contributed by atoms with Gasteiger partial charge in [0.1, 0.15) is 19.3 Å². The van der Waals surface area contributed by atoms with E-state index in [1.54, 1.807) is 0 Å². The second-order valence-corrected chi connectivity index (χ2v) is 27.7. The molecule has 516 valence electrons. The van der Waals surface area contributed by atoms with Crippen LogP contribution in [0.1, 0.15) is 349 Å². The number of esters is 4. The summed E-state index contributed by atoms with van der Waals surface area (Å²) in [6, 6.07) is 0. The molecule has 0 aromatic carbocycles. The third-order valence-corrected chi connectivity index (χ3v) is 18.0. The molecular formula is C68H132O17P2. The minimum atomic E-state index is -4.95. The van der Waals surface area contributed by atoms with Gasteiger partial charge in [0.25, 0.3) is 0 Å². The van der Waals surface area contributed by atoms with Crippen LogP contribution in [0.15, 0.2) is 0 Å². The third kappa shape index (κ3) is 61.3. The van der Waals surface area contributed by atoms with Crippen molar-refractivity contribution in [1.29, 1.82) is 0 Å². The van der Waals surface area contributed by atoms with E-state index in [1.807, 2.05) is 0 Å². The fraction of sp³-hybridized carbons (Fsp3) is 0.941. The van der Waals surface area contributed by atoms with Crippen molar-refractivity contribution in [2.45, 2.75) is 368 Å². The summed E-state index contributed by atoms with van der Waals surface area (Å²) in [4.78, 5) is 72.0. The molecule has 87 heavy (non-hydrogen) atoms. The number of unbranched alkanes of at least 4 members (excludes halogenated alkanes) is 39. The molecule has 0 heterocycles. The van der Waals surface area contributed by atoms with Gasteiger partial charge in [-0.05, 0) is 31.6 Å². The van der Waals surface area contributed by atoms with Crippen LogP contribution < -0.4 is 0 Å². The molecule has 3 unspecified atom stereocenters. The third-order valence-electron chi connectivity index (χ3n) is 16.1. The van der Waals surface area contributed by atoms with Gasteiger partial charge in [-0.1, -0.05) is 298 Å². The summed E-state index contributed by atoms with van der Waals surface area (Å²) in [6.07, 6.45) is 47.7. The van der Waals surface area contributed by atoms with Crippen molar-refractivity contribution in [3.05, 3.63) is 0 Å². The van der Waals surface area contributed by atoms with Crippen molar-refractivity contribution in [1.82, 2.24) is 0 Å². The summed E-state index contributed by atoms with van der Waals surface area (Å²) in [5.41, 5.74) is 0. The molecular weight excluding hydrogens is 1150 g/mol. The van der Waals surface area contributed by atoms with Crippen LogP contribution in [-0.4, -0.2) is 96.7 Å². The lowest BCUT2D eigenvalue weighted by Crippen LogP contribution is -2.30. The van der Waals surface area contributed by atoms with Crippen LogP contribution in [0.5, 0.6) is 0 Å². The van der Waals surface area contributed by atoms with Gasteiger partial charge in [-0.2, -0.15) is 0 Å². The molecule has 0 aromatic rings. The Bertz CT molecular complexity index is 1690. The molecule has 6 atom stereocenters. The highest BCUT2D eigenvalue weighted by Crippen LogP contribution is 2.45. The fourth-order valence-corrected chi connectivity index (χ4v) is 11.8. The van der Waals surface area contributed by atoms with E-state index in [0.29, 0.717) is 25.7 Å². The van der Waals surface area contributed by atoms with E-state index in [0.717, 1.165) is 109 Å². The van der Waals surface area contributed by atoms with Gasteiger partial charge in [-0.15, -0.1) is 0 Å². The standard InChI is InChI=1S/C68H132O17P2/c1-6-10-13-16-18-20-21-22-23-24-25-26-27-28-29-30-35-39-44-49-54-68(73)85-64(58-79-66(71)52-47-42-38-34-32-31-33-36-41-45-50-61(5)9-4)60-83-87(76,77)81-56-62(69)55-80-86(74,75)82-59-63(57-78-65(70)51-46-40-15-12-8-3)84-67(72)53-48-43-37-19-17-14-11-7-2/h61-64,69H,6-60H2,1-5H3,(H,74,75)(H,76,77)/t61?,62-,63+,64+/m0/s1. The van der Waals surface area contributed by atoms with Crippen LogP contribution in [-0.2, 0) is 65.4 Å². The Hall–Kier alpha value is -1.94. The van der Waals surface area contributed by atoms with Crippen molar-refractivity contribution in [2.24, 2.45) is 5.92 Å². The SMILES string of the molecule is CCCCCCCCCCCCCCCCCCCCCCC(=O)O[C@H](COC(=O)CCCCCCCCCCCCC(C)CC)COP(=O)(O)OC[C@@H](O)COP(=O)(O)OC[C@@H](COC(=O)CCCCCCC)OC(=O)CCCCCCCCCC. The largest absolute Gasteiger partial charge is 0.472 e. The number of phosphoric ester groups is 2. The lowest BCUT2D eigenvalue weighted by molar-refractivity contribution is -0.161. The van der Waals surface area contributed by atoms with E-state index in [-0.39, 0.29) is 25.7 Å². The van der Waals surface area contributed by atoms with Crippen LogP contribution in [0, 0.1) is 5.92 Å². The molecule has 0 amide bonds. The molecule has 3 N–H and O–H groups in total. The minimum absolute atomic E-state index is 0.104. The van der Waals surface area contributed by atoms with Crippen LogP contribution in [0.3, 0.4) is 0 Å². The zero-order chi connectivity index (χ0) is 64.2. The maximum Gasteiger partial charge on any atom is 0.472 e. The second kappa shape index (κ2) is 61.6. The predicted octanol–water partition coefficient (Wildman–Crippen LogP) is 19.4. The number of carbonyl (C=O) groups excluding carboxylic acids is 4. The molecule has 0 spiro atoms. The van der Waals surface area contributed by atoms with Crippen molar-refractivity contribution in [2.75, 3.05) is 39.6 Å². The van der Waals surface area contributed by atoms with Crippen LogP contribution >= 0.6 is 15.6 Å². The van der Waals surface area contributed by atoms with E-state index in [4.69, 9.17) is 37.0 Å². The van der Waals surface area contributed by atoms with Crippen molar-refractivity contribution in [3.8, 4) is 0 Å². The molecule has 0 bridgehead atoms. The Balaban J connectivity index is 5.11. The monoisotopic (exact) mass is 1280 g/mol. The van der Waals surface area contributed by atoms with Crippen LogP contribution in [0.25, 0.3) is 0 Å². The van der Waals surface area contributed by atoms with E-state index >= 15 is 0 Å². The number of phosphoric acid groups is 2. The van der Waals surface area contributed by atoms with Gasteiger partial charge in [0.2, 0.25) is 0 Å². The first-order valence-corrected chi connectivity index (χ1v) is 38.7. The first-order valence-electron chi connectivity index (χ1n) is 35.7. The molecule has 0 fully saturated rings. The molecule has 0 aromatic heterocycles. The smallest absolute Gasteiger partial charge is 0.462 e. The Morgan fingerprint density at radius 1 is 0.322 bits per heavy atom. The first kappa shape index (κ1) is 85.1. The Morgan fingerprint density at radius 2 is 0.552 bits per heavy atom. The number of aliphatic hydroxyl groups excluding tert-OH is 1. The maximum absolute atomic E-state index is 13.0. The van der Waals surface area contributed by atoms with Gasteiger partial charge < -0.3 is 33.8 Å².